The van der Waals surface area contributed by atoms with Gasteiger partial charge in [-0.1, -0.05) is 23.4 Å². The molecule has 2 aromatic heterocycles. The highest BCUT2D eigenvalue weighted by atomic mass is 19.1. The van der Waals surface area contributed by atoms with E-state index >= 15 is 0 Å². The molecule has 21 heavy (non-hydrogen) atoms. The van der Waals surface area contributed by atoms with Crippen LogP contribution in [-0.4, -0.2) is 15.1 Å². The molecule has 2 heterocycles. The van der Waals surface area contributed by atoms with Crippen LogP contribution in [0.1, 0.15) is 17.0 Å². The summed E-state index contributed by atoms with van der Waals surface area (Å²) in [4.78, 5) is 8.25. The molecule has 0 saturated heterocycles. The molecular weight excluding hydrogens is 271 g/mol. The van der Waals surface area contributed by atoms with Crippen molar-refractivity contribution in [1.29, 1.82) is 5.26 Å². The minimum atomic E-state index is -0.305. The minimum absolute atomic E-state index is 0.242. The van der Waals surface area contributed by atoms with Crippen molar-refractivity contribution in [3.8, 4) is 17.7 Å². The van der Waals surface area contributed by atoms with E-state index in [1.54, 1.807) is 30.3 Å². The first-order chi connectivity index (χ1) is 10.3. The molecule has 5 nitrogen and oxygen atoms in total. The highest BCUT2D eigenvalue weighted by Gasteiger charge is 2.12. The number of hydrogen-bond donors (Lipinski definition) is 0. The van der Waals surface area contributed by atoms with Crippen LogP contribution in [0.3, 0.4) is 0 Å². The van der Waals surface area contributed by atoms with Gasteiger partial charge in [-0.05, 0) is 23.8 Å². The third-order valence-electron chi connectivity index (χ3n) is 2.89. The monoisotopic (exact) mass is 280 g/mol. The van der Waals surface area contributed by atoms with Crippen molar-refractivity contribution in [1.82, 2.24) is 15.1 Å². The fraction of sp³-hybridized carbons (Fsp3) is 0.0667. The maximum Gasteiger partial charge on any atom is 0.276 e. The molecule has 1 aromatic carbocycles. The zero-order valence-electron chi connectivity index (χ0n) is 10.8. The third-order valence-corrected chi connectivity index (χ3v) is 2.89. The van der Waals surface area contributed by atoms with Gasteiger partial charge in [-0.3, -0.25) is 0 Å². The van der Waals surface area contributed by atoms with Gasteiger partial charge in [0.05, 0.1) is 5.56 Å². The van der Waals surface area contributed by atoms with E-state index in [-0.39, 0.29) is 18.1 Å². The second-order valence-corrected chi connectivity index (χ2v) is 4.33. The number of hydrogen-bond acceptors (Lipinski definition) is 5. The summed E-state index contributed by atoms with van der Waals surface area (Å²) >= 11 is 0. The van der Waals surface area contributed by atoms with E-state index in [0.717, 1.165) is 0 Å². The molecule has 0 aliphatic rings. The molecule has 0 saturated carbocycles. The number of halogens is 1. The minimum Gasteiger partial charge on any atom is -0.332 e. The predicted molar refractivity (Wildman–Crippen MR) is 71.5 cm³/mol. The maximum absolute atomic E-state index is 13.6. The van der Waals surface area contributed by atoms with Crippen molar-refractivity contribution in [3.63, 3.8) is 0 Å². The van der Waals surface area contributed by atoms with Crippen LogP contribution in [0, 0.1) is 17.1 Å². The van der Waals surface area contributed by atoms with Crippen LogP contribution in [0.2, 0.25) is 0 Å². The lowest BCUT2D eigenvalue weighted by molar-refractivity contribution is 0.422. The van der Waals surface area contributed by atoms with Crippen molar-refractivity contribution < 1.29 is 8.91 Å². The molecule has 0 bridgehead atoms. The molecule has 0 amide bonds. The van der Waals surface area contributed by atoms with Gasteiger partial charge in [-0.15, -0.1) is 0 Å². The van der Waals surface area contributed by atoms with Crippen LogP contribution >= 0.6 is 0 Å². The number of rotatable bonds is 3. The quantitative estimate of drug-likeness (QED) is 0.737. The summed E-state index contributed by atoms with van der Waals surface area (Å²) in [5.41, 5.74) is 1.42. The molecule has 6 heteroatoms. The molecule has 0 aliphatic carbocycles. The molecule has 0 spiro atoms. The summed E-state index contributed by atoms with van der Waals surface area (Å²) in [6, 6.07) is 11.7. The second kappa shape index (κ2) is 5.51. The van der Waals surface area contributed by atoms with Crippen molar-refractivity contribution in [2.24, 2.45) is 0 Å². The summed E-state index contributed by atoms with van der Waals surface area (Å²) in [6.07, 6.45) is 1.67. The van der Waals surface area contributed by atoms with E-state index < -0.39 is 0 Å². The smallest absolute Gasteiger partial charge is 0.276 e. The van der Waals surface area contributed by atoms with Gasteiger partial charge in [0, 0.05) is 12.6 Å². The van der Waals surface area contributed by atoms with Crippen LogP contribution in [0.15, 0.2) is 47.1 Å². The summed E-state index contributed by atoms with van der Waals surface area (Å²) in [6.45, 7) is 0. The average molecular weight is 280 g/mol. The number of aromatic nitrogens is 3. The first-order valence-corrected chi connectivity index (χ1v) is 6.19. The average Bonchev–Trinajstić information content (AvgIpc) is 2.98. The standard InChI is InChI=1S/C15H9FN4O/c16-12-4-2-1-3-11(12)7-14-19-15(21-20-14)13-6-5-10(8-17)9-18-13/h1-6,9H,7H2. The molecule has 0 N–H and O–H groups in total. The van der Waals surface area contributed by atoms with Gasteiger partial charge < -0.3 is 4.52 Å². The molecule has 3 rings (SSSR count). The number of nitrogens with zero attached hydrogens (tertiary/aromatic N) is 4. The van der Waals surface area contributed by atoms with Gasteiger partial charge in [-0.2, -0.15) is 10.2 Å². The number of benzene rings is 1. The lowest BCUT2D eigenvalue weighted by atomic mass is 10.1. The Morgan fingerprint density at radius 3 is 2.76 bits per heavy atom. The molecule has 0 atom stereocenters. The molecule has 0 radical (unpaired) electrons. The topological polar surface area (TPSA) is 75.6 Å². The van der Waals surface area contributed by atoms with Crippen molar-refractivity contribution in [3.05, 3.63) is 65.4 Å². The van der Waals surface area contributed by atoms with Crippen molar-refractivity contribution in [2.75, 3.05) is 0 Å². The van der Waals surface area contributed by atoms with Crippen LogP contribution in [0.25, 0.3) is 11.6 Å². The molecular formula is C15H9FN4O. The SMILES string of the molecule is N#Cc1ccc(-c2nc(Cc3ccccc3F)no2)nc1. The molecule has 0 aliphatic heterocycles. The van der Waals surface area contributed by atoms with Gasteiger partial charge in [0.25, 0.3) is 5.89 Å². The fourth-order valence-corrected chi connectivity index (χ4v) is 1.83. The Labute approximate surface area is 119 Å². The fourth-order valence-electron chi connectivity index (χ4n) is 1.83. The van der Waals surface area contributed by atoms with Crippen LogP contribution in [0.4, 0.5) is 4.39 Å². The first-order valence-electron chi connectivity index (χ1n) is 6.19. The zero-order chi connectivity index (χ0) is 14.7. The van der Waals surface area contributed by atoms with Gasteiger partial charge >= 0.3 is 0 Å². The van der Waals surface area contributed by atoms with E-state index in [9.17, 15) is 4.39 Å². The van der Waals surface area contributed by atoms with E-state index in [2.05, 4.69) is 15.1 Å². The summed E-state index contributed by atoms with van der Waals surface area (Å²) in [7, 11) is 0. The Balaban J connectivity index is 1.83. The first kappa shape index (κ1) is 12.9. The Hall–Kier alpha value is -3.07. The highest BCUT2D eigenvalue weighted by molar-refractivity contribution is 5.47. The van der Waals surface area contributed by atoms with E-state index in [1.807, 2.05) is 6.07 Å². The van der Waals surface area contributed by atoms with E-state index in [1.165, 1.54) is 12.3 Å². The Morgan fingerprint density at radius 2 is 2.05 bits per heavy atom. The predicted octanol–water partition coefficient (Wildman–Crippen LogP) is 2.73. The Bertz CT molecular complexity index is 805. The highest BCUT2D eigenvalue weighted by Crippen LogP contribution is 2.17. The van der Waals surface area contributed by atoms with E-state index in [0.29, 0.717) is 22.6 Å². The Kier molecular flexibility index (Phi) is 3.39. The van der Waals surface area contributed by atoms with Crippen molar-refractivity contribution >= 4 is 0 Å². The van der Waals surface area contributed by atoms with Crippen molar-refractivity contribution in [2.45, 2.75) is 6.42 Å². The molecule has 3 aromatic rings. The van der Waals surface area contributed by atoms with Crippen LogP contribution in [-0.2, 0) is 6.42 Å². The lowest BCUT2D eigenvalue weighted by Gasteiger charge is -1.97. The largest absolute Gasteiger partial charge is 0.332 e. The number of pyridine rings is 1. The zero-order valence-corrected chi connectivity index (χ0v) is 10.8. The normalized spacial score (nSPS) is 10.3. The summed E-state index contributed by atoms with van der Waals surface area (Å²) < 4.78 is 18.7. The second-order valence-electron chi connectivity index (χ2n) is 4.33. The van der Waals surface area contributed by atoms with Crippen LogP contribution < -0.4 is 0 Å². The lowest BCUT2D eigenvalue weighted by Crippen LogP contribution is -1.94. The number of nitriles is 1. The summed E-state index contributed by atoms with van der Waals surface area (Å²) in [5.74, 6) is 0.312. The maximum atomic E-state index is 13.6. The Morgan fingerprint density at radius 1 is 1.19 bits per heavy atom. The molecule has 0 fully saturated rings. The van der Waals surface area contributed by atoms with Gasteiger partial charge in [0.15, 0.2) is 5.82 Å². The molecule has 102 valence electrons. The molecule has 0 unspecified atom stereocenters. The van der Waals surface area contributed by atoms with Gasteiger partial charge in [-0.25, -0.2) is 9.37 Å². The van der Waals surface area contributed by atoms with Gasteiger partial charge in [0.2, 0.25) is 0 Å². The summed E-state index contributed by atoms with van der Waals surface area (Å²) in [5, 5.41) is 12.5. The van der Waals surface area contributed by atoms with Crippen LogP contribution in [0.5, 0.6) is 0 Å². The third kappa shape index (κ3) is 2.77. The van der Waals surface area contributed by atoms with Gasteiger partial charge in [0.1, 0.15) is 17.6 Å². The van der Waals surface area contributed by atoms with E-state index in [4.69, 9.17) is 9.78 Å².